The molecule has 0 saturated carbocycles. The minimum atomic E-state index is 0.411. The molecular formula is C10H16N6S. The van der Waals surface area contributed by atoms with Gasteiger partial charge in [0, 0.05) is 0 Å². The van der Waals surface area contributed by atoms with Crippen molar-refractivity contribution in [3.8, 4) is 0 Å². The van der Waals surface area contributed by atoms with Crippen molar-refractivity contribution in [1.82, 2.24) is 20.2 Å². The second kappa shape index (κ2) is 5.33. The van der Waals surface area contributed by atoms with E-state index in [4.69, 9.17) is 5.84 Å². The van der Waals surface area contributed by atoms with E-state index >= 15 is 0 Å². The van der Waals surface area contributed by atoms with Crippen molar-refractivity contribution >= 4 is 28.7 Å². The highest BCUT2D eigenvalue weighted by Crippen LogP contribution is 2.26. The highest BCUT2D eigenvalue weighted by molar-refractivity contribution is 7.99. The zero-order valence-electron chi connectivity index (χ0n) is 9.90. The molecule has 0 radical (unpaired) electrons. The SMILES string of the molecule is CC(C)CCSc1nc(NN)nc2[nH]ncc12. The Labute approximate surface area is 104 Å². The highest BCUT2D eigenvalue weighted by atomic mass is 32.2. The van der Waals surface area contributed by atoms with Crippen molar-refractivity contribution in [3.63, 3.8) is 0 Å². The number of nitrogens with one attached hydrogen (secondary N) is 2. The smallest absolute Gasteiger partial charge is 0.240 e. The maximum Gasteiger partial charge on any atom is 0.240 e. The third-order valence-corrected chi connectivity index (χ3v) is 3.36. The van der Waals surface area contributed by atoms with E-state index in [1.807, 2.05) is 0 Å². The number of nitrogens with zero attached hydrogens (tertiary/aromatic N) is 3. The van der Waals surface area contributed by atoms with Gasteiger partial charge in [0.1, 0.15) is 5.03 Å². The third kappa shape index (κ3) is 2.86. The monoisotopic (exact) mass is 252 g/mol. The Balaban J connectivity index is 2.21. The Bertz CT molecular complexity index is 495. The van der Waals surface area contributed by atoms with Crippen LogP contribution in [0, 0.1) is 5.92 Å². The summed E-state index contributed by atoms with van der Waals surface area (Å²) >= 11 is 1.71. The summed E-state index contributed by atoms with van der Waals surface area (Å²) < 4.78 is 0. The van der Waals surface area contributed by atoms with Crippen LogP contribution in [0.5, 0.6) is 0 Å². The molecule has 0 amide bonds. The first kappa shape index (κ1) is 12.1. The molecule has 2 aromatic heterocycles. The molecule has 0 aliphatic heterocycles. The lowest BCUT2D eigenvalue weighted by molar-refractivity contribution is 0.632. The maximum absolute atomic E-state index is 5.34. The van der Waals surface area contributed by atoms with E-state index in [0.717, 1.165) is 22.6 Å². The van der Waals surface area contributed by atoms with Crippen molar-refractivity contribution < 1.29 is 0 Å². The van der Waals surface area contributed by atoms with E-state index in [1.54, 1.807) is 18.0 Å². The van der Waals surface area contributed by atoms with Crippen LogP contribution in [0.1, 0.15) is 20.3 Å². The first-order valence-corrected chi connectivity index (χ1v) is 6.49. The lowest BCUT2D eigenvalue weighted by Crippen LogP contribution is -2.10. The van der Waals surface area contributed by atoms with Gasteiger partial charge in [-0.05, 0) is 18.1 Å². The van der Waals surface area contributed by atoms with E-state index in [2.05, 4.69) is 39.4 Å². The lowest BCUT2D eigenvalue weighted by atomic mass is 10.2. The number of aromatic amines is 1. The molecule has 17 heavy (non-hydrogen) atoms. The van der Waals surface area contributed by atoms with Gasteiger partial charge in [-0.25, -0.2) is 10.8 Å². The number of thioether (sulfide) groups is 1. The molecule has 2 heterocycles. The first-order chi connectivity index (χ1) is 8.20. The molecule has 0 fully saturated rings. The highest BCUT2D eigenvalue weighted by Gasteiger charge is 2.09. The quantitative estimate of drug-likeness (QED) is 0.325. The average molecular weight is 252 g/mol. The summed E-state index contributed by atoms with van der Waals surface area (Å²) in [6.07, 6.45) is 2.90. The first-order valence-electron chi connectivity index (χ1n) is 5.51. The molecule has 0 saturated heterocycles. The van der Waals surface area contributed by atoms with E-state index in [1.165, 1.54) is 0 Å². The van der Waals surface area contributed by atoms with Crippen LogP contribution in [0.25, 0.3) is 11.0 Å². The summed E-state index contributed by atoms with van der Waals surface area (Å²) in [5.74, 6) is 7.47. The Morgan fingerprint density at radius 1 is 1.47 bits per heavy atom. The molecule has 0 aliphatic carbocycles. The number of fused-ring (bicyclic) bond motifs is 1. The fraction of sp³-hybridized carbons (Fsp3) is 0.500. The van der Waals surface area contributed by atoms with Gasteiger partial charge in [0.05, 0.1) is 11.6 Å². The second-order valence-corrected chi connectivity index (χ2v) is 5.24. The molecule has 4 N–H and O–H groups in total. The predicted molar refractivity (Wildman–Crippen MR) is 69.7 cm³/mol. The number of rotatable bonds is 5. The maximum atomic E-state index is 5.34. The van der Waals surface area contributed by atoms with Gasteiger partial charge in [0.2, 0.25) is 5.95 Å². The summed E-state index contributed by atoms with van der Waals surface area (Å²) in [5, 5.41) is 8.65. The van der Waals surface area contributed by atoms with Crippen molar-refractivity contribution in [2.45, 2.75) is 25.3 Å². The normalized spacial score (nSPS) is 11.3. The van der Waals surface area contributed by atoms with Gasteiger partial charge in [-0.15, -0.1) is 11.8 Å². The van der Waals surface area contributed by atoms with Crippen LogP contribution in [0.4, 0.5) is 5.95 Å². The molecule has 6 nitrogen and oxygen atoms in total. The van der Waals surface area contributed by atoms with Crippen LogP contribution in [0.2, 0.25) is 0 Å². The van der Waals surface area contributed by atoms with Crippen LogP contribution in [0.3, 0.4) is 0 Å². The van der Waals surface area contributed by atoms with Crippen LogP contribution in [-0.4, -0.2) is 25.9 Å². The molecule has 2 rings (SSSR count). The van der Waals surface area contributed by atoms with E-state index in [9.17, 15) is 0 Å². The fourth-order valence-corrected chi connectivity index (χ4v) is 2.61. The Morgan fingerprint density at radius 2 is 2.29 bits per heavy atom. The van der Waals surface area contributed by atoms with E-state index in [-0.39, 0.29) is 0 Å². The van der Waals surface area contributed by atoms with Gasteiger partial charge in [-0.3, -0.25) is 10.5 Å². The molecule has 0 spiro atoms. The Morgan fingerprint density at radius 3 is 3.00 bits per heavy atom. The number of H-pyrrole nitrogens is 1. The summed E-state index contributed by atoms with van der Waals surface area (Å²) in [6.45, 7) is 4.42. The average Bonchev–Trinajstić information content (AvgIpc) is 2.76. The van der Waals surface area contributed by atoms with Gasteiger partial charge in [-0.2, -0.15) is 10.1 Å². The molecule has 0 bridgehead atoms. The van der Waals surface area contributed by atoms with Gasteiger partial charge in [-0.1, -0.05) is 13.8 Å². The number of aromatic nitrogens is 4. The summed E-state index contributed by atoms with van der Waals surface area (Å²) in [6, 6.07) is 0. The summed E-state index contributed by atoms with van der Waals surface area (Å²) in [4.78, 5) is 8.52. The summed E-state index contributed by atoms with van der Waals surface area (Å²) in [7, 11) is 0. The number of nitrogen functional groups attached to an aromatic ring is 1. The van der Waals surface area contributed by atoms with Crippen molar-refractivity contribution in [3.05, 3.63) is 6.20 Å². The van der Waals surface area contributed by atoms with Crippen molar-refractivity contribution in [2.75, 3.05) is 11.2 Å². The molecule has 2 aromatic rings. The number of anilines is 1. The zero-order chi connectivity index (χ0) is 12.3. The molecule has 0 atom stereocenters. The minimum absolute atomic E-state index is 0.411. The molecule has 0 unspecified atom stereocenters. The van der Waals surface area contributed by atoms with Crippen molar-refractivity contribution in [2.24, 2.45) is 11.8 Å². The lowest BCUT2D eigenvalue weighted by Gasteiger charge is -2.06. The zero-order valence-corrected chi connectivity index (χ0v) is 10.7. The topological polar surface area (TPSA) is 92.5 Å². The van der Waals surface area contributed by atoms with Crippen LogP contribution < -0.4 is 11.3 Å². The van der Waals surface area contributed by atoms with Crippen LogP contribution in [0.15, 0.2) is 11.2 Å². The number of hydrazine groups is 1. The number of hydrogen-bond donors (Lipinski definition) is 3. The summed E-state index contributed by atoms with van der Waals surface area (Å²) in [5.41, 5.74) is 3.17. The minimum Gasteiger partial charge on any atom is -0.292 e. The fourth-order valence-electron chi connectivity index (χ4n) is 1.37. The van der Waals surface area contributed by atoms with Crippen molar-refractivity contribution in [1.29, 1.82) is 0 Å². The molecule has 92 valence electrons. The standard InChI is InChI=1S/C10H16N6S/c1-6(2)3-4-17-9-7-5-12-16-8(7)13-10(14-9)15-11/h5-6H,3-4,11H2,1-2H3,(H2,12,13,14,15,16). The molecule has 7 heteroatoms. The Hall–Kier alpha value is -1.34. The molecule has 0 aromatic carbocycles. The van der Waals surface area contributed by atoms with Gasteiger partial charge < -0.3 is 0 Å². The molecular weight excluding hydrogens is 236 g/mol. The second-order valence-electron chi connectivity index (χ2n) is 4.16. The Kier molecular flexibility index (Phi) is 3.80. The van der Waals surface area contributed by atoms with Gasteiger partial charge in [0.15, 0.2) is 5.65 Å². The van der Waals surface area contributed by atoms with Crippen LogP contribution >= 0.6 is 11.8 Å². The molecule has 0 aliphatic rings. The van der Waals surface area contributed by atoms with E-state index < -0.39 is 0 Å². The van der Waals surface area contributed by atoms with Crippen LogP contribution in [-0.2, 0) is 0 Å². The number of hydrogen-bond acceptors (Lipinski definition) is 6. The predicted octanol–water partition coefficient (Wildman–Crippen LogP) is 1.78. The van der Waals surface area contributed by atoms with Gasteiger partial charge in [0.25, 0.3) is 0 Å². The third-order valence-electron chi connectivity index (χ3n) is 2.34. The van der Waals surface area contributed by atoms with Gasteiger partial charge >= 0.3 is 0 Å². The largest absolute Gasteiger partial charge is 0.292 e. The number of nitrogens with two attached hydrogens (primary N) is 1. The van der Waals surface area contributed by atoms with E-state index in [0.29, 0.717) is 17.5 Å².